The van der Waals surface area contributed by atoms with Gasteiger partial charge in [-0.1, -0.05) is 30.3 Å². The minimum absolute atomic E-state index is 0.203. The van der Waals surface area contributed by atoms with Crippen molar-refractivity contribution in [3.05, 3.63) is 83.2 Å². The molecule has 0 amide bonds. The van der Waals surface area contributed by atoms with Gasteiger partial charge in [-0.05, 0) is 68.5 Å². The molecule has 5 rings (SSSR count). The summed E-state index contributed by atoms with van der Waals surface area (Å²) in [5, 5.41) is 7.73. The lowest BCUT2D eigenvalue weighted by Crippen LogP contribution is -2.38. The zero-order valence-electron chi connectivity index (χ0n) is 23.7. The van der Waals surface area contributed by atoms with Gasteiger partial charge in [0.2, 0.25) is 0 Å². The molecule has 10 nitrogen and oxygen atoms in total. The highest BCUT2D eigenvalue weighted by Gasteiger charge is 2.19. The summed E-state index contributed by atoms with van der Waals surface area (Å²) in [6, 6.07) is 18.4. The van der Waals surface area contributed by atoms with E-state index >= 15 is 0 Å². The molecule has 2 aromatic heterocycles. The van der Waals surface area contributed by atoms with E-state index in [9.17, 15) is 4.79 Å². The van der Waals surface area contributed by atoms with Crippen LogP contribution in [0.15, 0.2) is 71.9 Å². The van der Waals surface area contributed by atoms with E-state index in [4.69, 9.17) is 9.47 Å². The van der Waals surface area contributed by atoms with Crippen LogP contribution in [0.3, 0.4) is 0 Å². The third-order valence-electron chi connectivity index (χ3n) is 7.45. The second-order valence-corrected chi connectivity index (χ2v) is 10.4. The number of likely N-dealkylation sites (tertiary alicyclic amines) is 1. The van der Waals surface area contributed by atoms with Crippen LogP contribution in [0.4, 0.5) is 11.6 Å². The van der Waals surface area contributed by atoms with Gasteiger partial charge in [0.05, 0.1) is 12.1 Å². The van der Waals surface area contributed by atoms with Crippen LogP contribution in [0.5, 0.6) is 5.75 Å². The molecule has 216 valence electrons. The van der Waals surface area contributed by atoms with Gasteiger partial charge in [0, 0.05) is 44.4 Å². The average molecular weight is 558 g/mol. The summed E-state index contributed by atoms with van der Waals surface area (Å²) in [4.78, 5) is 27.4. The van der Waals surface area contributed by atoms with Gasteiger partial charge < -0.3 is 25.0 Å². The van der Waals surface area contributed by atoms with E-state index in [-0.39, 0.29) is 12.4 Å². The molecule has 0 bridgehead atoms. The SMILES string of the molecule is COCn1ccc(NCCN2CCC(COc3ccc4c(NCCCc5ccccc5)ncnc4c3)CC2)nc1=O. The molecule has 1 fully saturated rings. The quantitative estimate of drug-likeness (QED) is 0.222. The summed E-state index contributed by atoms with van der Waals surface area (Å²) in [7, 11) is 1.55. The van der Waals surface area contributed by atoms with Gasteiger partial charge in [0.25, 0.3) is 0 Å². The molecule has 0 atom stereocenters. The van der Waals surface area contributed by atoms with Crippen LogP contribution in [-0.2, 0) is 17.9 Å². The number of aromatic nitrogens is 4. The number of fused-ring (bicyclic) bond motifs is 1. The summed E-state index contributed by atoms with van der Waals surface area (Å²) in [6.07, 6.45) is 7.57. The van der Waals surface area contributed by atoms with E-state index in [1.165, 1.54) is 10.1 Å². The molecule has 2 aromatic carbocycles. The van der Waals surface area contributed by atoms with Crippen LogP contribution in [0.2, 0.25) is 0 Å². The number of methoxy groups -OCH3 is 1. The number of rotatable bonds is 14. The molecular weight excluding hydrogens is 518 g/mol. The van der Waals surface area contributed by atoms with Gasteiger partial charge in [-0.25, -0.2) is 14.8 Å². The molecule has 0 spiro atoms. The molecule has 2 N–H and O–H groups in total. The van der Waals surface area contributed by atoms with Gasteiger partial charge in [0.15, 0.2) is 0 Å². The Bertz CT molecular complexity index is 1440. The molecule has 1 saturated heterocycles. The van der Waals surface area contributed by atoms with Gasteiger partial charge in [-0.15, -0.1) is 0 Å². The Morgan fingerprint density at radius 2 is 1.85 bits per heavy atom. The number of benzene rings is 2. The van der Waals surface area contributed by atoms with Crippen molar-refractivity contribution in [1.29, 1.82) is 0 Å². The monoisotopic (exact) mass is 557 g/mol. The van der Waals surface area contributed by atoms with Crippen molar-refractivity contribution in [2.75, 3.05) is 57.1 Å². The molecule has 0 unspecified atom stereocenters. The first-order valence-electron chi connectivity index (χ1n) is 14.4. The van der Waals surface area contributed by atoms with Gasteiger partial charge in [-0.2, -0.15) is 4.98 Å². The largest absolute Gasteiger partial charge is 0.493 e. The van der Waals surface area contributed by atoms with Gasteiger partial charge >= 0.3 is 5.69 Å². The maximum atomic E-state index is 12.0. The number of hydrogen-bond acceptors (Lipinski definition) is 9. The molecule has 3 heterocycles. The summed E-state index contributed by atoms with van der Waals surface area (Å²) < 4.78 is 12.6. The average Bonchev–Trinajstić information content (AvgIpc) is 3.01. The Morgan fingerprint density at radius 3 is 2.66 bits per heavy atom. The first kappa shape index (κ1) is 28.5. The minimum atomic E-state index is -0.317. The molecule has 1 aliphatic rings. The number of ether oxygens (including phenoxy) is 2. The van der Waals surface area contributed by atoms with Crippen molar-refractivity contribution < 1.29 is 9.47 Å². The highest BCUT2D eigenvalue weighted by atomic mass is 16.5. The fourth-order valence-electron chi connectivity index (χ4n) is 5.11. The number of anilines is 2. The van der Waals surface area contributed by atoms with Gasteiger partial charge in [0.1, 0.15) is 30.4 Å². The molecular formula is C31H39N7O3. The summed E-state index contributed by atoms with van der Waals surface area (Å²) in [5.74, 6) is 2.83. The highest BCUT2D eigenvalue weighted by molar-refractivity contribution is 5.89. The van der Waals surface area contributed by atoms with Crippen molar-refractivity contribution >= 4 is 22.5 Å². The second kappa shape index (κ2) is 14.6. The maximum Gasteiger partial charge on any atom is 0.351 e. The molecule has 0 radical (unpaired) electrons. The van der Waals surface area contributed by atoms with Crippen LogP contribution in [0.25, 0.3) is 10.9 Å². The highest BCUT2D eigenvalue weighted by Crippen LogP contribution is 2.25. The summed E-state index contributed by atoms with van der Waals surface area (Å²) in [6.45, 7) is 5.47. The van der Waals surface area contributed by atoms with Crippen LogP contribution in [0, 0.1) is 5.92 Å². The number of nitrogens with zero attached hydrogens (tertiary/aromatic N) is 5. The molecule has 1 aliphatic heterocycles. The molecule has 0 aliphatic carbocycles. The molecule has 4 aromatic rings. The maximum absolute atomic E-state index is 12.0. The van der Waals surface area contributed by atoms with Crippen molar-refractivity contribution in [3.63, 3.8) is 0 Å². The van der Waals surface area contributed by atoms with Crippen molar-refractivity contribution in [2.45, 2.75) is 32.4 Å². The van der Waals surface area contributed by atoms with Gasteiger partial charge in [-0.3, -0.25) is 4.57 Å². The normalized spacial score (nSPS) is 14.3. The predicted molar refractivity (Wildman–Crippen MR) is 161 cm³/mol. The van der Waals surface area contributed by atoms with Crippen LogP contribution in [-0.4, -0.2) is 70.9 Å². The smallest absolute Gasteiger partial charge is 0.351 e. The second-order valence-electron chi connectivity index (χ2n) is 10.4. The third kappa shape index (κ3) is 8.25. The first-order chi connectivity index (χ1) is 20.2. The zero-order chi connectivity index (χ0) is 28.3. The Balaban J connectivity index is 1.02. The number of piperidine rings is 1. The number of nitrogens with one attached hydrogen (secondary N) is 2. The molecule has 41 heavy (non-hydrogen) atoms. The summed E-state index contributed by atoms with van der Waals surface area (Å²) in [5.41, 5.74) is 1.92. The minimum Gasteiger partial charge on any atom is -0.493 e. The van der Waals surface area contributed by atoms with Crippen LogP contribution >= 0.6 is 0 Å². The standard InChI is InChI=1S/C31H39N7O3/c1-40-23-38-18-13-29(36-31(38)39)32-15-19-37-16-11-25(12-17-37)21-41-26-9-10-27-28(20-26)34-22-35-30(27)33-14-5-8-24-6-3-2-4-7-24/h2-4,6-7,9-10,13,18,20,22,25H,5,8,11-12,14-17,19,21,23H2,1H3,(H,32,36,39)(H,33,34,35). The third-order valence-corrected chi connectivity index (χ3v) is 7.45. The lowest BCUT2D eigenvalue weighted by Gasteiger charge is -2.31. The fraction of sp³-hybridized carbons (Fsp3) is 0.419. The Labute approximate surface area is 240 Å². The van der Waals surface area contributed by atoms with E-state index in [1.54, 1.807) is 25.7 Å². The topological polar surface area (TPSA) is 106 Å². The number of hydrogen-bond donors (Lipinski definition) is 2. The number of aryl methyl sites for hydroxylation is 1. The molecule has 0 saturated carbocycles. The van der Waals surface area contributed by atoms with E-state index in [2.05, 4.69) is 54.8 Å². The molecule has 10 heteroatoms. The van der Waals surface area contributed by atoms with Crippen molar-refractivity contribution in [3.8, 4) is 5.75 Å². The van der Waals surface area contributed by atoms with Crippen molar-refractivity contribution in [2.24, 2.45) is 5.92 Å². The first-order valence-corrected chi connectivity index (χ1v) is 14.4. The predicted octanol–water partition coefficient (Wildman–Crippen LogP) is 4.04. The summed E-state index contributed by atoms with van der Waals surface area (Å²) >= 11 is 0. The fourth-order valence-corrected chi connectivity index (χ4v) is 5.11. The van der Waals surface area contributed by atoms with E-state index in [0.29, 0.717) is 18.3 Å². The van der Waals surface area contributed by atoms with Crippen LogP contribution in [0.1, 0.15) is 24.8 Å². The Hall–Kier alpha value is -4.02. The van der Waals surface area contributed by atoms with Crippen LogP contribution < -0.4 is 21.1 Å². The zero-order valence-corrected chi connectivity index (χ0v) is 23.7. The lowest BCUT2D eigenvalue weighted by molar-refractivity contribution is 0.127. The Morgan fingerprint density at radius 1 is 1.00 bits per heavy atom. The van der Waals surface area contributed by atoms with Crippen molar-refractivity contribution in [1.82, 2.24) is 24.4 Å². The van der Waals surface area contributed by atoms with E-state index in [1.807, 2.05) is 24.3 Å². The lowest BCUT2D eigenvalue weighted by atomic mass is 9.98. The van der Waals surface area contributed by atoms with E-state index in [0.717, 1.165) is 80.9 Å². The Kier molecular flexibility index (Phi) is 10.1. The van der Waals surface area contributed by atoms with E-state index < -0.39 is 0 Å².